The lowest BCUT2D eigenvalue weighted by Gasteiger charge is -2.29. The molecule has 2 aromatic carbocycles. The van der Waals surface area contributed by atoms with Gasteiger partial charge in [-0.3, -0.25) is 4.79 Å². The first-order chi connectivity index (χ1) is 9.81. The van der Waals surface area contributed by atoms with Crippen molar-refractivity contribution >= 4 is 40.1 Å². The topological polar surface area (TPSA) is 17.1 Å². The van der Waals surface area contributed by atoms with Crippen LogP contribution in [0.3, 0.4) is 0 Å². The van der Waals surface area contributed by atoms with Gasteiger partial charge in [0.15, 0.2) is 5.78 Å². The van der Waals surface area contributed by atoms with Gasteiger partial charge in [-0.2, -0.15) is 11.8 Å². The zero-order valence-electron chi connectivity index (χ0n) is 11.5. The Morgan fingerprint density at radius 1 is 1.10 bits per heavy atom. The smallest absolute Gasteiger partial charge is 0.177 e. The molecule has 0 N–H and O–H groups in total. The quantitative estimate of drug-likeness (QED) is 0.768. The first kappa shape index (κ1) is 14.0. The molecule has 1 heterocycles. The van der Waals surface area contributed by atoms with Gasteiger partial charge in [0.1, 0.15) is 0 Å². The summed E-state index contributed by atoms with van der Waals surface area (Å²) in [6.45, 7) is 2.19. The van der Waals surface area contributed by atoms with Crippen LogP contribution in [-0.2, 0) is 0 Å². The normalized spacial score (nSPS) is 22.9. The average molecular weight is 302 g/mol. The van der Waals surface area contributed by atoms with E-state index in [4.69, 9.17) is 0 Å². The van der Waals surface area contributed by atoms with Crippen LogP contribution in [0.1, 0.15) is 23.7 Å². The maximum absolute atomic E-state index is 12.9. The van der Waals surface area contributed by atoms with Gasteiger partial charge in [-0.05, 0) is 17.2 Å². The molecule has 0 aromatic heterocycles. The molecule has 0 radical (unpaired) electrons. The Morgan fingerprint density at radius 2 is 1.85 bits per heavy atom. The van der Waals surface area contributed by atoms with Crippen molar-refractivity contribution in [2.24, 2.45) is 0 Å². The third kappa shape index (κ3) is 2.61. The predicted octanol–water partition coefficient (Wildman–Crippen LogP) is 4.65. The fourth-order valence-electron chi connectivity index (χ4n) is 2.74. The second-order valence-electron chi connectivity index (χ2n) is 5.00. The molecule has 3 rings (SSSR count). The second-order valence-corrected chi connectivity index (χ2v) is 7.60. The number of hydrogen-bond donors (Lipinski definition) is 0. The standard InChI is InChI=1S/C17H18OS2/c1-2-15-17(20-11-10-19-15)16(18)14-9-5-7-12-6-3-4-8-13(12)14/h3-9,15,17H,2,10-11H2,1H3. The summed E-state index contributed by atoms with van der Waals surface area (Å²) in [5, 5.41) is 2.82. The average Bonchev–Trinajstić information content (AvgIpc) is 2.53. The molecule has 104 valence electrons. The number of Topliss-reactive ketones (excluding diaryl/α,β-unsaturated/α-hetero) is 1. The molecule has 0 bridgehead atoms. The highest BCUT2D eigenvalue weighted by molar-refractivity contribution is 8.07. The maximum atomic E-state index is 12.9. The van der Waals surface area contributed by atoms with Crippen molar-refractivity contribution in [3.63, 3.8) is 0 Å². The van der Waals surface area contributed by atoms with E-state index in [1.54, 1.807) is 0 Å². The lowest BCUT2D eigenvalue weighted by Crippen LogP contribution is -2.32. The van der Waals surface area contributed by atoms with E-state index in [1.807, 2.05) is 47.8 Å². The van der Waals surface area contributed by atoms with E-state index in [0.717, 1.165) is 28.5 Å². The highest BCUT2D eigenvalue weighted by atomic mass is 32.2. The summed E-state index contributed by atoms with van der Waals surface area (Å²) in [5.74, 6) is 2.57. The number of carbonyl (C=O) groups is 1. The van der Waals surface area contributed by atoms with Crippen molar-refractivity contribution in [3.8, 4) is 0 Å². The lowest BCUT2D eigenvalue weighted by molar-refractivity contribution is 0.0989. The zero-order valence-corrected chi connectivity index (χ0v) is 13.2. The minimum atomic E-state index is 0.115. The SMILES string of the molecule is CCC1SCCSC1C(=O)c1cccc2ccccc12. The van der Waals surface area contributed by atoms with Crippen molar-refractivity contribution in [3.05, 3.63) is 48.0 Å². The van der Waals surface area contributed by atoms with E-state index in [0.29, 0.717) is 11.0 Å². The van der Waals surface area contributed by atoms with Crippen LogP contribution in [0.2, 0.25) is 0 Å². The Kier molecular flexibility index (Phi) is 4.37. The fourth-order valence-corrected chi connectivity index (χ4v) is 5.76. The minimum Gasteiger partial charge on any atom is -0.293 e. The summed E-state index contributed by atoms with van der Waals surface area (Å²) in [6, 6.07) is 14.2. The van der Waals surface area contributed by atoms with Crippen LogP contribution < -0.4 is 0 Å². The van der Waals surface area contributed by atoms with Crippen molar-refractivity contribution < 1.29 is 4.79 Å². The Hall–Kier alpha value is -0.930. The van der Waals surface area contributed by atoms with Gasteiger partial charge in [-0.25, -0.2) is 0 Å². The number of carbonyl (C=O) groups excluding carboxylic acids is 1. The molecule has 3 heteroatoms. The Morgan fingerprint density at radius 3 is 2.70 bits per heavy atom. The van der Waals surface area contributed by atoms with Crippen molar-refractivity contribution in [2.45, 2.75) is 23.8 Å². The highest BCUT2D eigenvalue weighted by Crippen LogP contribution is 2.36. The summed E-state index contributed by atoms with van der Waals surface area (Å²) in [7, 11) is 0. The van der Waals surface area contributed by atoms with Crippen LogP contribution in [0.25, 0.3) is 10.8 Å². The lowest BCUT2D eigenvalue weighted by atomic mass is 9.98. The molecular weight excluding hydrogens is 284 g/mol. The fraction of sp³-hybridized carbons (Fsp3) is 0.353. The number of thioether (sulfide) groups is 2. The van der Waals surface area contributed by atoms with Gasteiger partial charge in [0, 0.05) is 22.3 Å². The van der Waals surface area contributed by atoms with Crippen molar-refractivity contribution in [2.75, 3.05) is 11.5 Å². The molecule has 2 aromatic rings. The maximum Gasteiger partial charge on any atom is 0.177 e. The van der Waals surface area contributed by atoms with Gasteiger partial charge < -0.3 is 0 Å². The van der Waals surface area contributed by atoms with Crippen LogP contribution in [0, 0.1) is 0 Å². The highest BCUT2D eigenvalue weighted by Gasteiger charge is 2.32. The van der Waals surface area contributed by atoms with E-state index < -0.39 is 0 Å². The second kappa shape index (κ2) is 6.23. The van der Waals surface area contributed by atoms with Crippen LogP contribution in [0.5, 0.6) is 0 Å². The van der Waals surface area contributed by atoms with Crippen LogP contribution >= 0.6 is 23.5 Å². The van der Waals surface area contributed by atoms with E-state index in [-0.39, 0.29) is 5.25 Å². The Labute approximate surface area is 128 Å². The van der Waals surface area contributed by atoms with Gasteiger partial charge in [-0.15, -0.1) is 11.8 Å². The number of benzene rings is 2. The monoisotopic (exact) mass is 302 g/mol. The molecule has 0 amide bonds. The third-order valence-corrected chi connectivity index (χ3v) is 7.01. The number of rotatable bonds is 3. The van der Waals surface area contributed by atoms with Crippen molar-refractivity contribution in [1.82, 2.24) is 0 Å². The summed E-state index contributed by atoms with van der Waals surface area (Å²) in [5.41, 5.74) is 0.890. The molecule has 1 saturated heterocycles. The summed E-state index contributed by atoms with van der Waals surface area (Å²) < 4.78 is 0. The van der Waals surface area contributed by atoms with E-state index in [9.17, 15) is 4.79 Å². The Bertz CT molecular complexity index is 618. The molecule has 20 heavy (non-hydrogen) atoms. The van der Waals surface area contributed by atoms with Gasteiger partial charge in [0.25, 0.3) is 0 Å². The molecule has 1 nitrogen and oxygen atoms in total. The van der Waals surface area contributed by atoms with E-state index in [1.165, 1.54) is 5.75 Å². The number of hydrogen-bond acceptors (Lipinski definition) is 3. The summed E-state index contributed by atoms with van der Waals surface area (Å²) >= 11 is 3.80. The molecule has 1 aliphatic rings. The first-order valence-electron chi connectivity index (χ1n) is 7.06. The molecule has 1 fully saturated rings. The third-order valence-electron chi connectivity index (χ3n) is 3.77. The number of fused-ring (bicyclic) bond motifs is 1. The van der Waals surface area contributed by atoms with Crippen LogP contribution in [0.15, 0.2) is 42.5 Å². The summed E-state index contributed by atoms with van der Waals surface area (Å²) in [6.07, 6.45) is 1.07. The predicted molar refractivity (Wildman–Crippen MR) is 91.1 cm³/mol. The number of ketones is 1. The van der Waals surface area contributed by atoms with Gasteiger partial charge in [0.05, 0.1) is 5.25 Å². The van der Waals surface area contributed by atoms with Crippen LogP contribution in [-0.4, -0.2) is 27.8 Å². The van der Waals surface area contributed by atoms with E-state index >= 15 is 0 Å². The van der Waals surface area contributed by atoms with Crippen LogP contribution in [0.4, 0.5) is 0 Å². The largest absolute Gasteiger partial charge is 0.293 e. The molecule has 1 aliphatic heterocycles. The Balaban J connectivity index is 1.99. The van der Waals surface area contributed by atoms with E-state index in [2.05, 4.69) is 25.1 Å². The minimum absolute atomic E-state index is 0.115. The zero-order chi connectivity index (χ0) is 13.9. The summed E-state index contributed by atoms with van der Waals surface area (Å²) in [4.78, 5) is 12.9. The molecular formula is C17H18OS2. The molecule has 2 atom stereocenters. The van der Waals surface area contributed by atoms with Gasteiger partial charge in [0.2, 0.25) is 0 Å². The molecule has 0 aliphatic carbocycles. The molecule has 2 unspecified atom stereocenters. The molecule has 0 spiro atoms. The first-order valence-corrected chi connectivity index (χ1v) is 9.16. The molecule has 0 saturated carbocycles. The van der Waals surface area contributed by atoms with Gasteiger partial charge in [-0.1, -0.05) is 49.4 Å². The van der Waals surface area contributed by atoms with Crippen molar-refractivity contribution in [1.29, 1.82) is 0 Å². The van der Waals surface area contributed by atoms with Gasteiger partial charge >= 0.3 is 0 Å².